The Labute approximate surface area is 339 Å². The summed E-state index contributed by atoms with van der Waals surface area (Å²) in [4.78, 5) is 37.5. The lowest BCUT2D eigenvalue weighted by Crippen LogP contribution is -2.37. The second kappa shape index (κ2) is 38.3. The maximum Gasteiger partial charge on any atom is 0.306 e. The largest absolute Gasteiger partial charge is 0.756 e. The Morgan fingerprint density at radius 3 is 1.35 bits per heavy atom. The molecular weight excluding hydrogens is 713 g/mol. The summed E-state index contributed by atoms with van der Waals surface area (Å²) in [5, 5.41) is 0. The quantitative estimate of drug-likeness (QED) is 0.0197. The molecule has 9 nitrogen and oxygen atoms in total. The van der Waals surface area contributed by atoms with Crippen LogP contribution < -0.4 is 4.89 Å². The van der Waals surface area contributed by atoms with Crippen molar-refractivity contribution in [2.75, 3.05) is 47.5 Å². The van der Waals surface area contributed by atoms with Crippen LogP contribution in [0.2, 0.25) is 0 Å². The first-order valence-electron chi connectivity index (χ1n) is 22.9. The van der Waals surface area contributed by atoms with Gasteiger partial charge in [0.25, 0.3) is 7.82 Å². The van der Waals surface area contributed by atoms with Crippen LogP contribution in [0, 0.1) is 0 Å². The summed E-state index contributed by atoms with van der Waals surface area (Å²) >= 11 is 0. The number of esters is 2. The molecule has 10 heteroatoms. The average Bonchev–Trinajstić information content (AvgIpc) is 3.13. The van der Waals surface area contributed by atoms with Gasteiger partial charge in [-0.1, -0.05) is 174 Å². The van der Waals surface area contributed by atoms with Crippen molar-refractivity contribution in [2.24, 2.45) is 0 Å². The second-order valence-electron chi connectivity index (χ2n) is 16.8. The van der Waals surface area contributed by atoms with E-state index >= 15 is 0 Å². The number of carbonyl (C=O) groups is 2. The van der Waals surface area contributed by atoms with Crippen molar-refractivity contribution in [1.29, 1.82) is 0 Å². The van der Waals surface area contributed by atoms with E-state index in [0.717, 1.165) is 51.4 Å². The highest BCUT2D eigenvalue weighted by Gasteiger charge is 2.21. The lowest BCUT2D eigenvalue weighted by molar-refractivity contribution is -0.870. The van der Waals surface area contributed by atoms with Crippen LogP contribution in [0.5, 0.6) is 0 Å². The number of unbranched alkanes of at least 4 members (excludes halogenated alkanes) is 26. The Morgan fingerprint density at radius 2 is 0.927 bits per heavy atom. The predicted octanol–water partition coefficient (Wildman–Crippen LogP) is 12.3. The Bertz CT molecular complexity index is 954. The van der Waals surface area contributed by atoms with Gasteiger partial charge in [0.2, 0.25) is 0 Å². The number of carbonyl (C=O) groups excluding carboxylic acids is 2. The van der Waals surface area contributed by atoms with Crippen LogP contribution in [0.3, 0.4) is 0 Å². The summed E-state index contributed by atoms with van der Waals surface area (Å²) in [6, 6.07) is 0. The standard InChI is InChI=1S/C45H88NO8P/c1-6-8-10-12-14-16-18-20-22-23-24-26-28-30-32-34-36-38-45(48)54-43(42-53-55(49,50)52-40-39-46(3,4)5)41-51-44(47)37-35-33-31-29-27-25-21-19-17-15-13-11-9-7-2/h19,21,43H,6-18,20,22-42H2,1-5H3/b21-19+/t43-/m1/s1. The molecule has 0 fully saturated rings. The van der Waals surface area contributed by atoms with Gasteiger partial charge in [-0.3, -0.25) is 14.2 Å². The van der Waals surface area contributed by atoms with Gasteiger partial charge in [0.15, 0.2) is 6.10 Å². The van der Waals surface area contributed by atoms with Crippen molar-refractivity contribution in [3.05, 3.63) is 12.2 Å². The highest BCUT2D eigenvalue weighted by Crippen LogP contribution is 2.38. The van der Waals surface area contributed by atoms with E-state index < -0.39 is 26.5 Å². The molecule has 0 aromatic heterocycles. The molecule has 0 saturated carbocycles. The molecule has 0 rings (SSSR count). The van der Waals surface area contributed by atoms with E-state index in [1.165, 1.54) is 128 Å². The SMILES string of the molecule is CCCCCCC/C=C/CCCCCCCC(=O)OC[C@H](COP(=O)([O-])OCC[N+](C)(C)C)OC(=O)CCCCCCCCCCCCCCCCCCC. The molecule has 0 aromatic carbocycles. The van der Waals surface area contributed by atoms with Gasteiger partial charge in [-0.25, -0.2) is 0 Å². The monoisotopic (exact) mass is 802 g/mol. The van der Waals surface area contributed by atoms with Gasteiger partial charge in [0.1, 0.15) is 19.8 Å². The summed E-state index contributed by atoms with van der Waals surface area (Å²) in [6.45, 7) is 4.24. The van der Waals surface area contributed by atoms with Gasteiger partial charge in [0.05, 0.1) is 27.7 Å². The molecule has 0 aliphatic heterocycles. The summed E-state index contributed by atoms with van der Waals surface area (Å²) in [7, 11) is 1.17. The van der Waals surface area contributed by atoms with Crippen LogP contribution in [0.4, 0.5) is 0 Å². The van der Waals surface area contributed by atoms with Crippen LogP contribution in [-0.2, 0) is 32.7 Å². The van der Waals surface area contributed by atoms with Crippen LogP contribution in [0.25, 0.3) is 0 Å². The van der Waals surface area contributed by atoms with Crippen molar-refractivity contribution in [3.63, 3.8) is 0 Å². The number of hydrogen-bond acceptors (Lipinski definition) is 8. The minimum absolute atomic E-state index is 0.0288. The number of hydrogen-bond donors (Lipinski definition) is 0. The number of quaternary nitrogens is 1. The van der Waals surface area contributed by atoms with E-state index in [1.54, 1.807) is 0 Å². The first kappa shape index (κ1) is 53.8. The molecule has 0 aliphatic carbocycles. The normalized spacial score (nSPS) is 13.6. The van der Waals surface area contributed by atoms with Crippen molar-refractivity contribution in [2.45, 2.75) is 219 Å². The van der Waals surface area contributed by atoms with Crippen LogP contribution in [0.15, 0.2) is 12.2 Å². The number of phosphoric ester groups is 1. The molecule has 1 unspecified atom stereocenters. The zero-order valence-corrected chi connectivity index (χ0v) is 37.5. The molecule has 326 valence electrons. The second-order valence-corrected chi connectivity index (χ2v) is 18.2. The molecule has 0 aromatic rings. The fourth-order valence-electron chi connectivity index (χ4n) is 6.41. The summed E-state index contributed by atoms with van der Waals surface area (Å²) in [5.74, 6) is -0.834. The highest BCUT2D eigenvalue weighted by molar-refractivity contribution is 7.45. The van der Waals surface area contributed by atoms with E-state index in [-0.39, 0.29) is 32.0 Å². The summed E-state index contributed by atoms with van der Waals surface area (Å²) in [6.07, 6.45) is 39.4. The predicted molar refractivity (Wildman–Crippen MR) is 227 cm³/mol. The van der Waals surface area contributed by atoms with Crippen LogP contribution >= 0.6 is 7.82 Å². The Morgan fingerprint density at radius 1 is 0.545 bits per heavy atom. The molecule has 0 spiro atoms. The third-order valence-electron chi connectivity index (χ3n) is 10.0. The number of rotatable bonds is 42. The number of phosphoric acid groups is 1. The number of ether oxygens (including phenoxy) is 2. The zero-order chi connectivity index (χ0) is 40.7. The Kier molecular flexibility index (Phi) is 37.4. The van der Waals surface area contributed by atoms with Crippen molar-refractivity contribution < 1.29 is 42.1 Å². The van der Waals surface area contributed by atoms with Gasteiger partial charge in [-0.05, 0) is 38.5 Å². The minimum Gasteiger partial charge on any atom is -0.756 e. The van der Waals surface area contributed by atoms with Gasteiger partial charge < -0.3 is 27.9 Å². The highest BCUT2D eigenvalue weighted by atomic mass is 31.2. The first-order chi connectivity index (χ1) is 26.5. The van der Waals surface area contributed by atoms with E-state index in [9.17, 15) is 19.0 Å². The van der Waals surface area contributed by atoms with Crippen molar-refractivity contribution >= 4 is 19.8 Å². The summed E-state index contributed by atoms with van der Waals surface area (Å²) < 4.78 is 33.9. The zero-order valence-electron chi connectivity index (χ0n) is 36.6. The number of likely N-dealkylation sites (N-methyl/N-ethyl adjacent to an activating group) is 1. The lowest BCUT2D eigenvalue weighted by Gasteiger charge is -2.28. The van der Waals surface area contributed by atoms with Crippen molar-refractivity contribution in [1.82, 2.24) is 0 Å². The van der Waals surface area contributed by atoms with E-state index in [4.69, 9.17) is 18.5 Å². The summed E-state index contributed by atoms with van der Waals surface area (Å²) in [5.41, 5.74) is 0. The van der Waals surface area contributed by atoms with E-state index in [0.29, 0.717) is 17.4 Å². The van der Waals surface area contributed by atoms with Crippen LogP contribution in [-0.4, -0.2) is 70.0 Å². The minimum atomic E-state index is -4.62. The molecule has 55 heavy (non-hydrogen) atoms. The van der Waals surface area contributed by atoms with Crippen molar-refractivity contribution in [3.8, 4) is 0 Å². The molecule has 0 amide bonds. The van der Waals surface area contributed by atoms with Gasteiger partial charge in [-0.2, -0.15) is 0 Å². The third kappa shape index (κ3) is 42.2. The maximum absolute atomic E-state index is 12.7. The van der Waals surface area contributed by atoms with E-state index in [2.05, 4.69) is 26.0 Å². The topological polar surface area (TPSA) is 111 Å². The third-order valence-corrected chi connectivity index (χ3v) is 11.0. The maximum atomic E-state index is 12.7. The molecule has 0 heterocycles. The van der Waals surface area contributed by atoms with Crippen LogP contribution in [0.1, 0.15) is 213 Å². The fourth-order valence-corrected chi connectivity index (χ4v) is 7.14. The van der Waals surface area contributed by atoms with E-state index in [1.807, 2.05) is 21.1 Å². The fraction of sp³-hybridized carbons (Fsp3) is 0.911. The number of nitrogens with zero attached hydrogens (tertiary/aromatic N) is 1. The molecule has 0 radical (unpaired) electrons. The Hall–Kier alpha value is -1.25. The first-order valence-corrected chi connectivity index (χ1v) is 24.4. The molecule has 0 aliphatic rings. The van der Waals surface area contributed by atoms with Gasteiger partial charge >= 0.3 is 11.9 Å². The molecular formula is C45H88NO8P. The molecule has 2 atom stereocenters. The number of allylic oxidation sites excluding steroid dienone is 2. The molecule has 0 bridgehead atoms. The molecule has 0 N–H and O–H groups in total. The lowest BCUT2D eigenvalue weighted by atomic mass is 10.0. The molecule has 0 saturated heterocycles. The smallest absolute Gasteiger partial charge is 0.306 e. The Balaban J connectivity index is 4.31. The van der Waals surface area contributed by atoms with Gasteiger partial charge in [0, 0.05) is 12.8 Å². The average molecular weight is 802 g/mol. The van der Waals surface area contributed by atoms with Gasteiger partial charge in [-0.15, -0.1) is 0 Å².